The van der Waals surface area contributed by atoms with Gasteiger partial charge < -0.3 is 4.74 Å². The molecule has 118 valence electrons. The summed E-state index contributed by atoms with van der Waals surface area (Å²) in [7, 11) is 1.43. The molecule has 0 aliphatic carbocycles. The van der Waals surface area contributed by atoms with Gasteiger partial charge in [0.25, 0.3) is 5.56 Å². The van der Waals surface area contributed by atoms with E-state index in [2.05, 4.69) is 10.4 Å². The Hall–Kier alpha value is -2.31. The summed E-state index contributed by atoms with van der Waals surface area (Å²) in [6.07, 6.45) is 1.28. The van der Waals surface area contributed by atoms with Gasteiger partial charge in [0.2, 0.25) is 0 Å². The Balaban J connectivity index is 2.16. The Kier molecular flexibility index (Phi) is 4.11. The number of benzene rings is 2. The minimum Gasteiger partial charge on any atom is -0.493 e. The molecule has 0 aliphatic heterocycles. The second-order valence-corrected chi connectivity index (χ2v) is 5.45. The molecule has 0 fully saturated rings. The fraction of sp³-hybridized carbons (Fsp3) is 0.0667. The molecule has 5 nitrogen and oxygen atoms in total. The molecule has 2 aromatic carbocycles. The summed E-state index contributed by atoms with van der Waals surface area (Å²) in [5, 5.41) is 0.602. The molecular formula is C15H10Cl2FN3O2. The van der Waals surface area contributed by atoms with Gasteiger partial charge in [-0.1, -0.05) is 23.2 Å². The highest BCUT2D eigenvalue weighted by Crippen LogP contribution is 2.35. The SMILES string of the molecule is COc1c(Cl)cc(Cl)c2c(=O)n(Nc3ccc(F)cc3)cnc12. The first-order valence-corrected chi connectivity index (χ1v) is 7.23. The lowest BCUT2D eigenvalue weighted by Gasteiger charge is -2.12. The Morgan fingerprint density at radius 2 is 1.91 bits per heavy atom. The van der Waals surface area contributed by atoms with Gasteiger partial charge in [-0.15, -0.1) is 0 Å². The fourth-order valence-electron chi connectivity index (χ4n) is 2.14. The molecule has 23 heavy (non-hydrogen) atoms. The number of fused-ring (bicyclic) bond motifs is 1. The third-order valence-corrected chi connectivity index (χ3v) is 3.77. The summed E-state index contributed by atoms with van der Waals surface area (Å²) in [5.74, 6) is -0.0981. The number of hydrogen-bond acceptors (Lipinski definition) is 4. The van der Waals surface area contributed by atoms with Crippen LogP contribution in [-0.4, -0.2) is 16.8 Å². The zero-order chi connectivity index (χ0) is 16.6. The highest BCUT2D eigenvalue weighted by atomic mass is 35.5. The summed E-state index contributed by atoms with van der Waals surface area (Å²) in [6.45, 7) is 0. The third kappa shape index (κ3) is 2.83. The van der Waals surface area contributed by atoms with E-state index in [1.54, 1.807) is 0 Å². The van der Waals surface area contributed by atoms with Crippen molar-refractivity contribution in [3.63, 3.8) is 0 Å². The van der Waals surface area contributed by atoms with Crippen molar-refractivity contribution in [1.29, 1.82) is 0 Å². The second kappa shape index (κ2) is 6.06. The Morgan fingerprint density at radius 1 is 1.22 bits per heavy atom. The molecule has 0 unspecified atom stereocenters. The molecule has 0 atom stereocenters. The lowest BCUT2D eigenvalue weighted by atomic mass is 10.2. The minimum absolute atomic E-state index is 0.165. The quantitative estimate of drug-likeness (QED) is 0.779. The minimum atomic E-state index is -0.431. The number of nitrogens with one attached hydrogen (secondary N) is 1. The Bertz CT molecular complexity index is 942. The van der Waals surface area contributed by atoms with Gasteiger partial charge in [-0.3, -0.25) is 10.2 Å². The number of halogens is 3. The molecule has 0 bridgehead atoms. The number of nitrogens with zero attached hydrogens (tertiary/aromatic N) is 2. The molecule has 3 aromatic rings. The summed E-state index contributed by atoms with van der Waals surface area (Å²) in [6, 6.07) is 6.97. The standard InChI is InChI=1S/C15H10Cl2FN3O2/c1-23-14-11(17)6-10(16)12-13(14)19-7-21(15(12)22)20-9-4-2-8(18)3-5-9/h2-7,20H,1H3. The Labute approximate surface area is 140 Å². The lowest BCUT2D eigenvalue weighted by molar-refractivity contribution is 0.419. The van der Waals surface area contributed by atoms with Gasteiger partial charge in [0.1, 0.15) is 17.7 Å². The molecule has 0 aliphatic rings. The molecule has 3 rings (SSSR count). The van der Waals surface area contributed by atoms with Gasteiger partial charge >= 0.3 is 0 Å². The third-order valence-electron chi connectivity index (χ3n) is 3.19. The summed E-state index contributed by atoms with van der Waals surface area (Å²) in [5.41, 5.74) is 3.17. The van der Waals surface area contributed by atoms with Gasteiger partial charge in [-0.05, 0) is 30.3 Å². The van der Waals surface area contributed by atoms with Crippen LogP contribution in [0.2, 0.25) is 10.0 Å². The average Bonchev–Trinajstić information content (AvgIpc) is 2.52. The van der Waals surface area contributed by atoms with Crippen molar-refractivity contribution < 1.29 is 9.13 Å². The van der Waals surface area contributed by atoms with Crippen LogP contribution in [0.5, 0.6) is 5.75 Å². The molecule has 0 amide bonds. The van der Waals surface area contributed by atoms with Gasteiger partial charge in [-0.25, -0.2) is 14.1 Å². The van der Waals surface area contributed by atoms with Crippen LogP contribution in [0.3, 0.4) is 0 Å². The highest BCUT2D eigenvalue weighted by Gasteiger charge is 2.16. The maximum Gasteiger partial charge on any atom is 0.281 e. The molecule has 0 saturated heterocycles. The predicted molar refractivity (Wildman–Crippen MR) is 88.0 cm³/mol. The molecule has 0 radical (unpaired) electrons. The van der Waals surface area contributed by atoms with Crippen molar-refractivity contribution in [2.24, 2.45) is 0 Å². The van der Waals surface area contributed by atoms with Crippen molar-refractivity contribution in [2.45, 2.75) is 0 Å². The first-order chi connectivity index (χ1) is 11.0. The topological polar surface area (TPSA) is 56.1 Å². The van der Waals surface area contributed by atoms with Crippen LogP contribution >= 0.6 is 23.2 Å². The fourth-order valence-corrected chi connectivity index (χ4v) is 2.75. The molecule has 1 N–H and O–H groups in total. The van der Waals surface area contributed by atoms with E-state index in [4.69, 9.17) is 27.9 Å². The van der Waals surface area contributed by atoms with Crippen LogP contribution < -0.4 is 15.7 Å². The van der Waals surface area contributed by atoms with E-state index >= 15 is 0 Å². The number of ether oxygens (including phenoxy) is 1. The van der Waals surface area contributed by atoms with Crippen molar-refractivity contribution in [2.75, 3.05) is 12.5 Å². The number of anilines is 1. The first-order valence-electron chi connectivity index (χ1n) is 6.47. The number of methoxy groups -OCH3 is 1. The predicted octanol–water partition coefficient (Wildman–Crippen LogP) is 3.73. The van der Waals surface area contributed by atoms with E-state index in [0.29, 0.717) is 5.69 Å². The van der Waals surface area contributed by atoms with E-state index in [1.165, 1.54) is 43.8 Å². The summed E-state index contributed by atoms with van der Waals surface area (Å²) in [4.78, 5) is 16.8. The zero-order valence-electron chi connectivity index (χ0n) is 11.8. The van der Waals surface area contributed by atoms with Crippen molar-refractivity contribution >= 4 is 39.8 Å². The van der Waals surface area contributed by atoms with Gasteiger partial charge in [-0.2, -0.15) is 0 Å². The normalized spacial score (nSPS) is 10.8. The van der Waals surface area contributed by atoms with Gasteiger partial charge in [0, 0.05) is 0 Å². The summed E-state index contributed by atoms with van der Waals surface area (Å²) < 4.78 is 19.3. The van der Waals surface area contributed by atoms with E-state index < -0.39 is 5.56 Å². The van der Waals surface area contributed by atoms with Crippen molar-refractivity contribution in [1.82, 2.24) is 9.66 Å². The highest BCUT2D eigenvalue weighted by molar-refractivity contribution is 6.39. The molecule has 0 spiro atoms. The van der Waals surface area contributed by atoms with E-state index in [1.807, 2.05) is 0 Å². The maximum atomic E-state index is 12.9. The number of aromatic nitrogens is 2. The second-order valence-electron chi connectivity index (χ2n) is 4.64. The van der Waals surface area contributed by atoms with Crippen molar-refractivity contribution in [3.8, 4) is 5.75 Å². The van der Waals surface area contributed by atoms with Crippen LogP contribution in [0, 0.1) is 5.82 Å². The smallest absolute Gasteiger partial charge is 0.281 e. The molecule has 0 saturated carbocycles. The van der Waals surface area contributed by atoms with Crippen LogP contribution in [0.15, 0.2) is 41.5 Å². The Morgan fingerprint density at radius 3 is 2.57 bits per heavy atom. The van der Waals surface area contributed by atoms with Crippen molar-refractivity contribution in [3.05, 3.63) is 62.9 Å². The molecular weight excluding hydrogens is 344 g/mol. The zero-order valence-corrected chi connectivity index (χ0v) is 13.3. The monoisotopic (exact) mass is 353 g/mol. The summed E-state index contributed by atoms with van der Waals surface area (Å²) >= 11 is 12.2. The van der Waals surface area contributed by atoms with E-state index in [-0.39, 0.29) is 32.5 Å². The largest absolute Gasteiger partial charge is 0.493 e. The molecule has 1 aromatic heterocycles. The van der Waals surface area contributed by atoms with E-state index in [0.717, 1.165) is 4.68 Å². The van der Waals surface area contributed by atoms with Gasteiger partial charge in [0.05, 0.1) is 28.2 Å². The lowest BCUT2D eigenvalue weighted by Crippen LogP contribution is -2.26. The molecule has 1 heterocycles. The van der Waals surface area contributed by atoms with Crippen LogP contribution in [-0.2, 0) is 0 Å². The maximum absolute atomic E-state index is 12.9. The first kappa shape index (κ1) is 15.6. The van der Waals surface area contributed by atoms with Crippen LogP contribution in [0.25, 0.3) is 10.9 Å². The van der Waals surface area contributed by atoms with E-state index in [9.17, 15) is 9.18 Å². The van der Waals surface area contributed by atoms with Crippen LogP contribution in [0.4, 0.5) is 10.1 Å². The van der Waals surface area contributed by atoms with Gasteiger partial charge in [0.15, 0.2) is 5.75 Å². The number of hydrogen-bond donors (Lipinski definition) is 1. The van der Waals surface area contributed by atoms with Crippen LogP contribution in [0.1, 0.15) is 0 Å². The average molecular weight is 354 g/mol. The number of rotatable bonds is 3. The molecule has 8 heteroatoms.